The highest BCUT2D eigenvalue weighted by atomic mass is 35.5. The van der Waals surface area contributed by atoms with E-state index in [9.17, 15) is 22.4 Å². The van der Waals surface area contributed by atoms with E-state index in [4.69, 9.17) is 16.3 Å². The van der Waals surface area contributed by atoms with E-state index in [0.29, 0.717) is 16.3 Å². The maximum Gasteiger partial charge on any atom is 0.204 e. The van der Waals surface area contributed by atoms with Crippen molar-refractivity contribution < 1.29 is 31.8 Å². The summed E-state index contributed by atoms with van der Waals surface area (Å²) < 4.78 is 60.3. The molecule has 0 heterocycles. The minimum absolute atomic E-state index is 0.0829. The van der Waals surface area contributed by atoms with Gasteiger partial charge in [0.25, 0.3) is 0 Å². The van der Waals surface area contributed by atoms with E-state index in [2.05, 4.69) is 4.74 Å². The molecular weight excluding hydrogens is 443 g/mol. The summed E-state index contributed by atoms with van der Waals surface area (Å²) in [5.41, 5.74) is 0.557. The first kappa shape index (κ1) is 30.3. The molecule has 0 N–H and O–H groups in total. The largest absolute Gasteiger partial charge is 0.493 e. The molecule has 0 saturated carbocycles. The molecule has 2 rings (SSSR count). The standard InChI is InChI=1S/C10H11ClO2.C7H5F4OP.2C2H6/c1-7(2)13-10-4-3-8(6-12)5-9(10)11;1-12-6-4(10)2(8)3(9)5(11)7(6)13;2*1-2/h3-7H,1-2H3;13H2,1H3;2*1-2H3. The SMILES string of the molecule is CC.CC.CC(C)Oc1ccc(C=O)cc1Cl.COc1c(F)c(F)c(F)c(F)c1P. The third kappa shape index (κ3) is 8.88. The number of halogens is 5. The van der Waals surface area contributed by atoms with Crippen molar-refractivity contribution in [1.82, 2.24) is 0 Å². The quantitative estimate of drug-likeness (QED) is 0.163. The molecule has 0 radical (unpaired) electrons. The molecule has 1 unspecified atom stereocenters. The molecule has 0 spiro atoms. The van der Waals surface area contributed by atoms with Gasteiger partial charge in [-0.25, -0.2) is 13.2 Å². The van der Waals surface area contributed by atoms with Crippen LogP contribution in [0, 0.1) is 23.3 Å². The number of hydrogen-bond acceptors (Lipinski definition) is 3. The summed E-state index contributed by atoms with van der Waals surface area (Å²) in [7, 11) is 2.76. The predicted octanol–water partition coefficient (Wildman–Crippen LogP) is 6.74. The Hall–Kier alpha value is -1.85. The molecule has 2 aromatic carbocycles. The monoisotopic (exact) mass is 470 g/mol. The molecule has 9 heteroatoms. The fourth-order valence-corrected chi connectivity index (χ4v) is 2.37. The Bertz CT molecular complexity index is 773. The second kappa shape index (κ2) is 15.9. The topological polar surface area (TPSA) is 35.5 Å². The number of rotatable bonds is 4. The first-order valence-electron chi connectivity index (χ1n) is 9.20. The zero-order valence-electron chi connectivity index (χ0n) is 18.1. The van der Waals surface area contributed by atoms with Gasteiger partial charge >= 0.3 is 0 Å². The fraction of sp³-hybridized carbons (Fsp3) is 0.381. The van der Waals surface area contributed by atoms with Crippen LogP contribution >= 0.6 is 20.8 Å². The van der Waals surface area contributed by atoms with Crippen molar-refractivity contribution in [3.63, 3.8) is 0 Å². The predicted molar refractivity (Wildman–Crippen MR) is 117 cm³/mol. The normalized spacial score (nSPS) is 9.27. The lowest BCUT2D eigenvalue weighted by molar-refractivity contribution is 0.112. The van der Waals surface area contributed by atoms with Crippen LogP contribution in [0.1, 0.15) is 51.9 Å². The summed E-state index contributed by atoms with van der Waals surface area (Å²) in [5, 5.41) is -0.00259. The Morgan fingerprint density at radius 2 is 1.47 bits per heavy atom. The molecule has 0 bridgehead atoms. The molecule has 0 aliphatic carbocycles. The average Bonchev–Trinajstić information content (AvgIpc) is 2.76. The van der Waals surface area contributed by atoms with Gasteiger partial charge in [-0.2, -0.15) is 4.39 Å². The maximum absolute atomic E-state index is 12.8. The number of hydrogen-bond donors (Lipinski definition) is 0. The third-order valence-electron chi connectivity index (χ3n) is 2.92. The lowest BCUT2D eigenvalue weighted by atomic mass is 10.2. The van der Waals surface area contributed by atoms with Crippen LogP contribution in [0.4, 0.5) is 17.6 Å². The first-order valence-corrected chi connectivity index (χ1v) is 10.2. The molecule has 170 valence electrons. The Morgan fingerprint density at radius 3 is 1.87 bits per heavy atom. The van der Waals surface area contributed by atoms with E-state index in [1.165, 1.54) is 0 Å². The number of methoxy groups -OCH3 is 1. The number of benzene rings is 2. The van der Waals surface area contributed by atoms with Crippen LogP contribution in [0.5, 0.6) is 11.5 Å². The van der Waals surface area contributed by atoms with Gasteiger partial charge in [0.1, 0.15) is 12.0 Å². The Morgan fingerprint density at radius 1 is 0.967 bits per heavy atom. The van der Waals surface area contributed by atoms with Gasteiger partial charge in [-0.1, -0.05) is 48.5 Å². The van der Waals surface area contributed by atoms with Crippen molar-refractivity contribution in [1.29, 1.82) is 0 Å². The van der Waals surface area contributed by atoms with Crippen LogP contribution in [0.2, 0.25) is 5.02 Å². The van der Waals surface area contributed by atoms with Gasteiger partial charge in [-0.05, 0) is 32.0 Å². The third-order valence-corrected chi connectivity index (χ3v) is 3.73. The second-order valence-electron chi connectivity index (χ2n) is 5.18. The summed E-state index contributed by atoms with van der Waals surface area (Å²) in [5.74, 6) is -6.76. The van der Waals surface area contributed by atoms with Crippen molar-refractivity contribution in [3.05, 3.63) is 52.1 Å². The minimum atomic E-state index is -1.87. The Kier molecular flexibility index (Phi) is 16.1. The summed E-state index contributed by atoms with van der Waals surface area (Å²) in [4.78, 5) is 10.4. The fourth-order valence-electron chi connectivity index (χ4n) is 1.77. The number of ether oxygens (including phenoxy) is 2. The van der Waals surface area contributed by atoms with E-state index in [-0.39, 0.29) is 6.10 Å². The van der Waals surface area contributed by atoms with Gasteiger partial charge in [0.05, 0.1) is 23.5 Å². The zero-order valence-corrected chi connectivity index (χ0v) is 20.0. The van der Waals surface area contributed by atoms with Crippen LogP contribution in [-0.4, -0.2) is 19.5 Å². The highest BCUT2D eigenvalue weighted by molar-refractivity contribution is 7.27. The minimum Gasteiger partial charge on any atom is -0.493 e. The van der Waals surface area contributed by atoms with E-state index < -0.39 is 34.3 Å². The molecule has 2 aromatic rings. The molecule has 30 heavy (non-hydrogen) atoms. The van der Waals surface area contributed by atoms with Gasteiger partial charge < -0.3 is 9.47 Å². The van der Waals surface area contributed by atoms with Crippen molar-refractivity contribution in [2.75, 3.05) is 7.11 Å². The Balaban J connectivity index is 0. The summed E-state index contributed by atoms with van der Waals surface area (Å²) in [6.45, 7) is 11.8. The molecule has 0 saturated heterocycles. The van der Waals surface area contributed by atoms with Crippen LogP contribution in [-0.2, 0) is 0 Å². The van der Waals surface area contributed by atoms with Gasteiger partial charge in [0, 0.05) is 5.56 Å². The highest BCUT2D eigenvalue weighted by Crippen LogP contribution is 2.26. The van der Waals surface area contributed by atoms with Gasteiger partial charge in [-0.3, -0.25) is 4.79 Å². The summed E-state index contributed by atoms with van der Waals surface area (Å²) >= 11 is 5.87. The molecule has 3 nitrogen and oxygen atoms in total. The zero-order chi connectivity index (χ0) is 24.0. The molecule has 0 amide bonds. The van der Waals surface area contributed by atoms with Crippen LogP contribution in [0.3, 0.4) is 0 Å². The lowest BCUT2D eigenvalue weighted by Crippen LogP contribution is -2.12. The van der Waals surface area contributed by atoms with Crippen molar-refractivity contribution >= 4 is 32.4 Å². The summed E-state index contributed by atoms with van der Waals surface area (Å²) in [6.07, 6.45) is 0.838. The van der Waals surface area contributed by atoms with E-state index >= 15 is 0 Å². The Labute approximate surface area is 182 Å². The lowest BCUT2D eigenvalue weighted by Gasteiger charge is -2.10. The van der Waals surface area contributed by atoms with Crippen LogP contribution in [0.25, 0.3) is 0 Å². The molecule has 0 aromatic heterocycles. The molecule has 1 atom stereocenters. The number of carbonyl (C=O) groups is 1. The molecule has 0 aliphatic heterocycles. The van der Waals surface area contributed by atoms with Crippen LogP contribution < -0.4 is 14.8 Å². The van der Waals surface area contributed by atoms with E-state index in [1.54, 1.807) is 27.4 Å². The molecule has 0 aliphatic rings. The smallest absolute Gasteiger partial charge is 0.204 e. The van der Waals surface area contributed by atoms with Crippen molar-refractivity contribution in [2.24, 2.45) is 0 Å². The number of aldehydes is 1. The van der Waals surface area contributed by atoms with Crippen molar-refractivity contribution in [2.45, 2.75) is 47.6 Å². The van der Waals surface area contributed by atoms with E-state index in [1.807, 2.05) is 41.5 Å². The first-order chi connectivity index (χ1) is 14.1. The van der Waals surface area contributed by atoms with E-state index in [0.717, 1.165) is 13.4 Å². The average molecular weight is 471 g/mol. The molecular formula is C21H28ClF4O3P. The van der Waals surface area contributed by atoms with Gasteiger partial charge in [-0.15, -0.1) is 0 Å². The van der Waals surface area contributed by atoms with Crippen molar-refractivity contribution in [3.8, 4) is 11.5 Å². The molecule has 0 fully saturated rings. The second-order valence-corrected chi connectivity index (χ2v) is 6.16. The maximum atomic E-state index is 12.8. The highest BCUT2D eigenvalue weighted by Gasteiger charge is 2.23. The number of carbonyl (C=O) groups excluding carboxylic acids is 1. The van der Waals surface area contributed by atoms with Gasteiger partial charge in [0.2, 0.25) is 11.6 Å². The van der Waals surface area contributed by atoms with Gasteiger partial charge in [0.15, 0.2) is 17.4 Å². The van der Waals surface area contributed by atoms with Crippen LogP contribution in [0.15, 0.2) is 18.2 Å². The summed E-state index contributed by atoms with van der Waals surface area (Å²) in [6, 6.07) is 4.97.